The quantitative estimate of drug-likeness (QED) is 0.328. The van der Waals surface area contributed by atoms with Crippen LogP contribution >= 0.6 is 0 Å². The first-order chi connectivity index (χ1) is 19.9. The number of aromatic nitrogens is 3. The summed E-state index contributed by atoms with van der Waals surface area (Å²) in [6.45, 7) is 2.00. The summed E-state index contributed by atoms with van der Waals surface area (Å²) in [7, 11) is 4.11. The highest BCUT2D eigenvalue weighted by Gasteiger charge is 2.13. The number of hydrogen-bond acceptors (Lipinski definition) is 7. The first-order valence-electron chi connectivity index (χ1n) is 13.2. The average molecular weight is 546 g/mol. The molecule has 0 fully saturated rings. The van der Waals surface area contributed by atoms with E-state index in [2.05, 4.69) is 75.8 Å². The Balaban J connectivity index is 1.15. The highest BCUT2D eigenvalue weighted by molar-refractivity contribution is 5.93. The number of pyridine rings is 3. The van der Waals surface area contributed by atoms with Gasteiger partial charge in [0, 0.05) is 37.5 Å². The van der Waals surface area contributed by atoms with Crippen LogP contribution in [0.4, 0.5) is 5.69 Å². The summed E-state index contributed by atoms with van der Waals surface area (Å²) in [5, 5.41) is 4.72. The van der Waals surface area contributed by atoms with Gasteiger partial charge in [0.2, 0.25) is 0 Å². The second kappa shape index (κ2) is 12.8. The van der Waals surface area contributed by atoms with Gasteiger partial charge in [0.25, 0.3) is 11.5 Å². The fourth-order valence-corrected chi connectivity index (χ4v) is 4.43. The average Bonchev–Trinajstić information content (AvgIpc) is 2.97. The van der Waals surface area contributed by atoms with Gasteiger partial charge in [-0.25, -0.2) is 4.98 Å². The Bertz CT molecular complexity index is 1670. The van der Waals surface area contributed by atoms with Crippen LogP contribution in [0.1, 0.15) is 38.3 Å². The number of hydrazine groups is 1. The number of nitrogens with zero attached hydrogens (tertiary/aromatic N) is 5. The molecule has 0 unspecified atom stereocenters. The molecule has 1 aromatic carbocycles. The molecule has 0 spiro atoms. The van der Waals surface area contributed by atoms with Crippen LogP contribution in [-0.4, -0.2) is 51.0 Å². The molecule has 41 heavy (non-hydrogen) atoms. The Morgan fingerprint density at radius 1 is 1.07 bits per heavy atom. The summed E-state index contributed by atoms with van der Waals surface area (Å²) < 4.78 is 1.49. The number of fused-ring (bicyclic) bond motifs is 1. The van der Waals surface area contributed by atoms with Crippen molar-refractivity contribution in [1.82, 2.24) is 29.8 Å². The van der Waals surface area contributed by atoms with Gasteiger partial charge < -0.3 is 14.8 Å². The molecular weight excluding hydrogens is 514 g/mol. The highest BCUT2D eigenvalue weighted by Crippen LogP contribution is 2.21. The number of benzene rings is 1. The number of amides is 1. The van der Waals surface area contributed by atoms with Crippen molar-refractivity contribution in [2.45, 2.75) is 19.6 Å². The summed E-state index contributed by atoms with van der Waals surface area (Å²) in [6, 6.07) is 17.2. The van der Waals surface area contributed by atoms with Crippen molar-refractivity contribution in [3.8, 4) is 11.8 Å². The van der Waals surface area contributed by atoms with Gasteiger partial charge in [-0.05, 0) is 84.7 Å². The Morgan fingerprint density at radius 2 is 1.93 bits per heavy atom. The monoisotopic (exact) mass is 545 g/mol. The molecule has 0 saturated carbocycles. The van der Waals surface area contributed by atoms with Gasteiger partial charge in [-0.15, -0.1) is 0 Å². The van der Waals surface area contributed by atoms with Crippen molar-refractivity contribution in [2.24, 2.45) is 0 Å². The minimum atomic E-state index is -0.467. The number of nitrogens with one attached hydrogen (secondary N) is 2. The largest absolute Gasteiger partial charge is 0.341 e. The van der Waals surface area contributed by atoms with Crippen LogP contribution in [0.3, 0.4) is 0 Å². The molecule has 1 amide bonds. The SMILES string of the molecule is CN(C)Cc1ccc(NN2C=Cc3cc(C#CCNC(=O)c4cccn(Cc5cccnc5)c4=O)ncc3C2)cc1. The number of rotatable bonds is 8. The summed E-state index contributed by atoms with van der Waals surface area (Å²) >= 11 is 0. The third-order valence-electron chi connectivity index (χ3n) is 6.42. The van der Waals surface area contributed by atoms with Gasteiger partial charge in [0.1, 0.15) is 11.3 Å². The molecule has 9 nitrogen and oxygen atoms in total. The van der Waals surface area contributed by atoms with E-state index in [4.69, 9.17) is 0 Å². The van der Waals surface area contributed by atoms with Gasteiger partial charge in [0.15, 0.2) is 0 Å². The van der Waals surface area contributed by atoms with Gasteiger partial charge in [0.05, 0.1) is 25.3 Å². The molecule has 9 heteroatoms. The number of carbonyl (C=O) groups excluding carboxylic acids is 1. The lowest BCUT2D eigenvalue weighted by molar-refractivity contribution is 0.0956. The Labute approximate surface area is 239 Å². The standard InChI is InChI=1S/C32H31N7O2/c1-37(2)21-24-9-11-28(12-10-24)36-39-17-13-26-18-29(35-20-27(26)23-39)7-4-15-34-31(40)30-8-5-16-38(32(30)41)22-25-6-3-14-33-19-25/h3,5-6,8-14,16-20,36H,15,21-23H2,1-2H3,(H,34,40). The van der Waals surface area contributed by atoms with E-state index in [1.807, 2.05) is 41.7 Å². The van der Waals surface area contributed by atoms with Crippen LogP contribution in [0.15, 0.2) is 90.4 Å². The lowest BCUT2D eigenvalue weighted by Gasteiger charge is -2.26. The van der Waals surface area contributed by atoms with Gasteiger partial charge in [-0.3, -0.25) is 25.0 Å². The minimum absolute atomic E-state index is 0.0675. The summed E-state index contributed by atoms with van der Waals surface area (Å²) in [5.41, 5.74) is 9.00. The van der Waals surface area contributed by atoms with Crippen LogP contribution in [-0.2, 0) is 19.6 Å². The molecule has 0 saturated heterocycles. The maximum absolute atomic E-state index is 12.8. The van der Waals surface area contributed by atoms with Gasteiger partial charge in [-0.1, -0.05) is 24.1 Å². The van der Waals surface area contributed by atoms with E-state index in [9.17, 15) is 9.59 Å². The maximum Gasteiger partial charge on any atom is 0.263 e. The van der Waals surface area contributed by atoms with E-state index in [0.717, 1.165) is 28.9 Å². The summed E-state index contributed by atoms with van der Waals surface area (Å²) in [5.74, 6) is 5.46. The lowest BCUT2D eigenvalue weighted by atomic mass is 10.1. The molecular formula is C32H31N7O2. The molecule has 3 aromatic heterocycles. The van der Waals surface area contributed by atoms with Crippen molar-refractivity contribution < 1.29 is 4.79 Å². The lowest BCUT2D eigenvalue weighted by Crippen LogP contribution is -2.33. The molecule has 1 aliphatic heterocycles. The summed E-state index contributed by atoms with van der Waals surface area (Å²) in [6.07, 6.45) is 10.9. The molecule has 4 heterocycles. The third-order valence-corrected chi connectivity index (χ3v) is 6.42. The van der Waals surface area contributed by atoms with E-state index >= 15 is 0 Å². The van der Waals surface area contributed by atoms with E-state index < -0.39 is 5.91 Å². The third kappa shape index (κ3) is 7.26. The highest BCUT2D eigenvalue weighted by atomic mass is 16.2. The number of hydrogen-bond donors (Lipinski definition) is 2. The first-order valence-corrected chi connectivity index (χ1v) is 13.2. The molecule has 0 bridgehead atoms. The Morgan fingerprint density at radius 3 is 2.71 bits per heavy atom. The van der Waals surface area contributed by atoms with Crippen molar-refractivity contribution in [3.05, 3.63) is 129 Å². The normalized spacial score (nSPS) is 11.9. The van der Waals surface area contributed by atoms with Crippen LogP contribution in [0.25, 0.3) is 6.08 Å². The van der Waals surface area contributed by atoms with E-state index in [1.165, 1.54) is 16.2 Å². The van der Waals surface area contributed by atoms with E-state index in [1.54, 1.807) is 24.7 Å². The molecule has 1 aliphatic rings. The van der Waals surface area contributed by atoms with Crippen LogP contribution in [0, 0.1) is 11.8 Å². The fraction of sp³-hybridized carbons (Fsp3) is 0.188. The minimum Gasteiger partial charge on any atom is -0.341 e. The topological polar surface area (TPSA) is 95.4 Å². The summed E-state index contributed by atoms with van der Waals surface area (Å²) in [4.78, 5) is 36.1. The molecule has 2 N–H and O–H groups in total. The molecule has 4 aromatic rings. The second-order valence-corrected chi connectivity index (χ2v) is 9.96. The Kier molecular flexibility index (Phi) is 8.52. The fourth-order valence-electron chi connectivity index (χ4n) is 4.43. The molecule has 206 valence electrons. The first kappa shape index (κ1) is 27.4. The van der Waals surface area contributed by atoms with Crippen molar-refractivity contribution in [1.29, 1.82) is 0 Å². The smallest absolute Gasteiger partial charge is 0.263 e. The van der Waals surface area contributed by atoms with Crippen LogP contribution in [0.2, 0.25) is 0 Å². The predicted molar refractivity (Wildman–Crippen MR) is 160 cm³/mol. The van der Waals surface area contributed by atoms with E-state index in [-0.39, 0.29) is 17.7 Å². The number of carbonyl (C=O) groups is 1. The Hall–Kier alpha value is -5.20. The van der Waals surface area contributed by atoms with E-state index in [0.29, 0.717) is 18.8 Å². The molecule has 5 rings (SSSR count). The van der Waals surface area contributed by atoms with Crippen molar-refractivity contribution in [2.75, 3.05) is 26.1 Å². The van der Waals surface area contributed by atoms with Crippen molar-refractivity contribution in [3.63, 3.8) is 0 Å². The zero-order chi connectivity index (χ0) is 28.6. The molecule has 0 aliphatic carbocycles. The second-order valence-electron chi connectivity index (χ2n) is 9.96. The van der Waals surface area contributed by atoms with Gasteiger partial charge >= 0.3 is 0 Å². The molecule has 0 radical (unpaired) electrons. The zero-order valence-corrected chi connectivity index (χ0v) is 23.0. The predicted octanol–water partition coefficient (Wildman–Crippen LogP) is 3.34. The zero-order valence-electron chi connectivity index (χ0n) is 23.0. The van der Waals surface area contributed by atoms with Gasteiger partial charge in [-0.2, -0.15) is 0 Å². The van der Waals surface area contributed by atoms with Crippen LogP contribution < -0.4 is 16.3 Å². The van der Waals surface area contributed by atoms with Crippen molar-refractivity contribution >= 4 is 17.7 Å². The maximum atomic E-state index is 12.8. The van der Waals surface area contributed by atoms with Crippen LogP contribution in [0.5, 0.6) is 0 Å². The molecule has 0 atom stereocenters. The number of anilines is 1.